The van der Waals surface area contributed by atoms with Crippen LogP contribution < -0.4 is 5.73 Å². The summed E-state index contributed by atoms with van der Waals surface area (Å²) in [6, 6.07) is 4.31. The minimum Gasteiger partial charge on any atom is -0.347 e. The Kier molecular flexibility index (Phi) is 3.38. The lowest BCUT2D eigenvalue weighted by Gasteiger charge is -2.28. The molecule has 0 saturated heterocycles. The third kappa shape index (κ3) is 2.18. The average Bonchev–Trinajstić information content (AvgIpc) is 2.49. The lowest BCUT2D eigenvalue weighted by atomic mass is 9.94. The average molecular weight is 194 g/mol. The van der Waals surface area contributed by atoms with Crippen molar-refractivity contribution in [2.45, 2.75) is 52.6 Å². The summed E-state index contributed by atoms with van der Waals surface area (Å²) in [4.78, 5) is 0. The lowest BCUT2D eigenvalue weighted by molar-refractivity contribution is 0.334. The summed E-state index contributed by atoms with van der Waals surface area (Å²) < 4.78 is 2.31. The van der Waals surface area contributed by atoms with Crippen molar-refractivity contribution >= 4 is 0 Å². The molecule has 0 aliphatic heterocycles. The fourth-order valence-electron chi connectivity index (χ4n) is 1.74. The molecule has 80 valence electrons. The fraction of sp³-hybridized carbons (Fsp3) is 0.667. The first-order valence-electron chi connectivity index (χ1n) is 5.44. The maximum absolute atomic E-state index is 6.30. The van der Waals surface area contributed by atoms with Crippen molar-refractivity contribution in [3.05, 3.63) is 23.5 Å². The van der Waals surface area contributed by atoms with Crippen molar-refractivity contribution < 1.29 is 0 Å². The van der Waals surface area contributed by atoms with E-state index in [1.165, 1.54) is 11.4 Å². The normalized spacial score (nSPS) is 12.1. The summed E-state index contributed by atoms with van der Waals surface area (Å²) >= 11 is 0. The van der Waals surface area contributed by atoms with Gasteiger partial charge in [0.25, 0.3) is 0 Å². The highest BCUT2D eigenvalue weighted by Crippen LogP contribution is 2.17. The first-order chi connectivity index (χ1) is 6.52. The number of aromatic nitrogens is 1. The Morgan fingerprint density at radius 2 is 1.57 bits per heavy atom. The number of hydrogen-bond acceptors (Lipinski definition) is 1. The van der Waals surface area contributed by atoms with Crippen LogP contribution in [0.4, 0.5) is 0 Å². The number of aryl methyl sites for hydroxylation is 2. The zero-order chi connectivity index (χ0) is 10.8. The van der Waals surface area contributed by atoms with E-state index in [2.05, 4.69) is 44.4 Å². The van der Waals surface area contributed by atoms with E-state index in [0.29, 0.717) is 0 Å². The zero-order valence-corrected chi connectivity index (χ0v) is 9.80. The Morgan fingerprint density at radius 3 is 1.93 bits per heavy atom. The van der Waals surface area contributed by atoms with Crippen LogP contribution in [-0.4, -0.2) is 10.1 Å². The molecule has 0 unspecified atom stereocenters. The molecule has 2 N–H and O–H groups in total. The van der Waals surface area contributed by atoms with Crippen molar-refractivity contribution in [3.63, 3.8) is 0 Å². The Morgan fingerprint density at radius 1 is 1.14 bits per heavy atom. The Hall–Kier alpha value is -0.760. The molecule has 2 heteroatoms. The highest BCUT2D eigenvalue weighted by Gasteiger charge is 2.21. The standard InChI is InChI=1S/C12H22N2/c1-5-12(13,6-2)9-14-10(3)7-8-11(14)4/h7-8H,5-6,9,13H2,1-4H3. The maximum atomic E-state index is 6.30. The highest BCUT2D eigenvalue weighted by molar-refractivity contribution is 5.14. The monoisotopic (exact) mass is 194 g/mol. The van der Waals surface area contributed by atoms with E-state index >= 15 is 0 Å². The van der Waals surface area contributed by atoms with E-state index in [-0.39, 0.29) is 5.54 Å². The summed E-state index contributed by atoms with van der Waals surface area (Å²) in [6.45, 7) is 9.54. The molecule has 2 nitrogen and oxygen atoms in total. The van der Waals surface area contributed by atoms with Gasteiger partial charge in [0.15, 0.2) is 0 Å². The molecule has 0 bridgehead atoms. The van der Waals surface area contributed by atoms with Crippen LogP contribution in [0.15, 0.2) is 12.1 Å². The van der Waals surface area contributed by atoms with Gasteiger partial charge in [-0.15, -0.1) is 0 Å². The molecule has 0 atom stereocenters. The van der Waals surface area contributed by atoms with E-state index in [4.69, 9.17) is 5.73 Å². The summed E-state index contributed by atoms with van der Waals surface area (Å²) in [5.74, 6) is 0. The fourth-order valence-corrected chi connectivity index (χ4v) is 1.74. The molecule has 0 spiro atoms. The molecule has 0 fully saturated rings. The number of nitrogens with zero attached hydrogens (tertiary/aromatic N) is 1. The molecule has 0 amide bonds. The van der Waals surface area contributed by atoms with Crippen LogP contribution in [-0.2, 0) is 6.54 Å². The van der Waals surface area contributed by atoms with E-state index in [9.17, 15) is 0 Å². The van der Waals surface area contributed by atoms with Crippen LogP contribution >= 0.6 is 0 Å². The van der Waals surface area contributed by atoms with Gasteiger partial charge in [-0.05, 0) is 38.8 Å². The van der Waals surface area contributed by atoms with Crippen LogP contribution in [0.2, 0.25) is 0 Å². The molecule has 14 heavy (non-hydrogen) atoms. The molecule has 1 rings (SSSR count). The third-order valence-electron chi connectivity index (χ3n) is 3.30. The minimum absolute atomic E-state index is 0.0471. The van der Waals surface area contributed by atoms with Gasteiger partial charge in [-0.2, -0.15) is 0 Å². The molecule has 0 saturated carbocycles. The molecular weight excluding hydrogens is 172 g/mol. The third-order valence-corrected chi connectivity index (χ3v) is 3.30. The molecule has 1 aromatic rings. The topological polar surface area (TPSA) is 30.9 Å². The first kappa shape index (κ1) is 11.3. The predicted octanol–water partition coefficient (Wildman–Crippen LogP) is 2.62. The smallest absolute Gasteiger partial charge is 0.0405 e. The van der Waals surface area contributed by atoms with E-state index in [1.807, 2.05) is 0 Å². The van der Waals surface area contributed by atoms with Crippen molar-refractivity contribution in [1.82, 2.24) is 4.57 Å². The zero-order valence-electron chi connectivity index (χ0n) is 9.80. The number of rotatable bonds is 4. The van der Waals surface area contributed by atoms with Gasteiger partial charge in [-0.25, -0.2) is 0 Å². The molecule has 0 aliphatic rings. The van der Waals surface area contributed by atoms with Gasteiger partial charge < -0.3 is 10.3 Å². The van der Waals surface area contributed by atoms with Gasteiger partial charge in [-0.1, -0.05) is 13.8 Å². The maximum Gasteiger partial charge on any atom is 0.0405 e. The quantitative estimate of drug-likeness (QED) is 0.785. The number of nitrogens with two attached hydrogens (primary N) is 1. The molecular formula is C12H22N2. The van der Waals surface area contributed by atoms with Gasteiger partial charge in [0.05, 0.1) is 0 Å². The van der Waals surface area contributed by atoms with Crippen molar-refractivity contribution in [2.75, 3.05) is 0 Å². The summed E-state index contributed by atoms with van der Waals surface area (Å²) in [5, 5.41) is 0. The largest absolute Gasteiger partial charge is 0.347 e. The highest BCUT2D eigenvalue weighted by atomic mass is 15.0. The van der Waals surface area contributed by atoms with Crippen molar-refractivity contribution in [2.24, 2.45) is 5.73 Å². The van der Waals surface area contributed by atoms with Crippen LogP contribution in [0, 0.1) is 13.8 Å². The minimum atomic E-state index is -0.0471. The summed E-state index contributed by atoms with van der Waals surface area (Å²) in [7, 11) is 0. The number of hydrogen-bond donors (Lipinski definition) is 1. The van der Waals surface area contributed by atoms with Crippen LogP contribution in [0.3, 0.4) is 0 Å². The van der Waals surface area contributed by atoms with Crippen molar-refractivity contribution in [3.8, 4) is 0 Å². The Labute approximate surface area is 87.1 Å². The second kappa shape index (κ2) is 4.18. The van der Waals surface area contributed by atoms with E-state index in [1.54, 1.807) is 0 Å². The predicted molar refractivity (Wildman–Crippen MR) is 61.4 cm³/mol. The van der Waals surface area contributed by atoms with Gasteiger partial charge >= 0.3 is 0 Å². The van der Waals surface area contributed by atoms with Crippen LogP contribution in [0.25, 0.3) is 0 Å². The van der Waals surface area contributed by atoms with Crippen LogP contribution in [0.5, 0.6) is 0 Å². The lowest BCUT2D eigenvalue weighted by Crippen LogP contribution is -2.43. The van der Waals surface area contributed by atoms with Gasteiger partial charge in [0.2, 0.25) is 0 Å². The summed E-state index contributed by atoms with van der Waals surface area (Å²) in [6.07, 6.45) is 2.06. The van der Waals surface area contributed by atoms with Gasteiger partial charge in [-0.3, -0.25) is 0 Å². The second-order valence-corrected chi connectivity index (χ2v) is 4.27. The first-order valence-corrected chi connectivity index (χ1v) is 5.44. The van der Waals surface area contributed by atoms with Crippen molar-refractivity contribution in [1.29, 1.82) is 0 Å². The molecule has 0 aromatic carbocycles. The Balaban J connectivity index is 2.87. The van der Waals surface area contributed by atoms with Gasteiger partial charge in [0.1, 0.15) is 0 Å². The van der Waals surface area contributed by atoms with E-state index < -0.39 is 0 Å². The molecule has 1 heterocycles. The second-order valence-electron chi connectivity index (χ2n) is 4.27. The molecule has 0 radical (unpaired) electrons. The summed E-state index contributed by atoms with van der Waals surface area (Å²) in [5.41, 5.74) is 8.87. The SMILES string of the molecule is CCC(N)(CC)Cn1c(C)ccc1C. The van der Waals surface area contributed by atoms with E-state index in [0.717, 1.165) is 19.4 Å². The molecule has 0 aliphatic carbocycles. The molecule has 1 aromatic heterocycles. The Bertz CT molecular complexity index is 276. The van der Waals surface area contributed by atoms with Gasteiger partial charge in [0, 0.05) is 23.5 Å². The van der Waals surface area contributed by atoms with Crippen LogP contribution in [0.1, 0.15) is 38.1 Å².